The van der Waals surface area contributed by atoms with Crippen molar-refractivity contribution in [3.05, 3.63) is 71.9 Å². The van der Waals surface area contributed by atoms with Crippen molar-refractivity contribution in [1.82, 2.24) is 4.90 Å². The zero-order chi connectivity index (χ0) is 21.7. The van der Waals surface area contributed by atoms with Gasteiger partial charge < -0.3 is 14.5 Å². The summed E-state index contributed by atoms with van der Waals surface area (Å²) in [7, 11) is 0. The van der Waals surface area contributed by atoms with Crippen molar-refractivity contribution < 1.29 is 19.1 Å². The summed E-state index contributed by atoms with van der Waals surface area (Å²) >= 11 is 0. The summed E-state index contributed by atoms with van der Waals surface area (Å²) in [4.78, 5) is 40.5. The van der Waals surface area contributed by atoms with Gasteiger partial charge >= 0.3 is 5.97 Å². The van der Waals surface area contributed by atoms with Crippen LogP contribution in [0.5, 0.6) is 0 Å². The number of esters is 1. The smallest absolute Gasteiger partial charge is 0.308 e. The zero-order valence-electron chi connectivity index (χ0n) is 17.4. The quantitative estimate of drug-likeness (QED) is 0.682. The number of carbonyl (C=O) groups excluding carboxylic acids is 3. The van der Waals surface area contributed by atoms with Gasteiger partial charge in [-0.1, -0.05) is 42.5 Å². The highest BCUT2D eigenvalue weighted by Gasteiger charge is 2.29. The van der Waals surface area contributed by atoms with Crippen LogP contribution in [0.4, 0.5) is 5.69 Å². The van der Waals surface area contributed by atoms with E-state index in [0.717, 1.165) is 16.8 Å². The molecule has 0 fully saturated rings. The van der Waals surface area contributed by atoms with Crippen LogP contribution in [-0.2, 0) is 19.1 Å². The molecular formula is C24H26N2O4. The van der Waals surface area contributed by atoms with E-state index in [9.17, 15) is 14.4 Å². The summed E-state index contributed by atoms with van der Waals surface area (Å²) in [6.45, 7) is 4.92. The summed E-state index contributed by atoms with van der Waals surface area (Å²) in [5, 5.41) is 0. The van der Waals surface area contributed by atoms with Crippen LogP contribution in [0.1, 0.15) is 44.4 Å². The van der Waals surface area contributed by atoms with Crippen LogP contribution in [0.15, 0.2) is 60.8 Å². The van der Waals surface area contributed by atoms with Gasteiger partial charge in [0.05, 0.1) is 12.5 Å². The first-order valence-electron chi connectivity index (χ1n) is 9.97. The van der Waals surface area contributed by atoms with Gasteiger partial charge in [-0.05, 0) is 43.2 Å². The second kappa shape index (κ2) is 9.39. The Kier molecular flexibility index (Phi) is 6.67. The first kappa shape index (κ1) is 21.3. The van der Waals surface area contributed by atoms with E-state index < -0.39 is 12.0 Å². The Morgan fingerprint density at radius 2 is 1.70 bits per heavy atom. The minimum atomic E-state index is -0.526. The molecule has 0 spiro atoms. The lowest BCUT2D eigenvalue weighted by molar-refractivity contribution is -0.149. The fraction of sp³-hybridized carbons (Fsp3) is 0.292. The average Bonchev–Trinajstić information content (AvgIpc) is 2.73. The number of benzene rings is 2. The Morgan fingerprint density at radius 1 is 1.03 bits per heavy atom. The van der Waals surface area contributed by atoms with Crippen LogP contribution < -0.4 is 4.90 Å². The number of para-hydroxylation sites is 1. The van der Waals surface area contributed by atoms with Gasteiger partial charge in [0.1, 0.15) is 0 Å². The van der Waals surface area contributed by atoms with Crippen LogP contribution >= 0.6 is 0 Å². The Bertz CT molecular complexity index is 953. The van der Waals surface area contributed by atoms with Gasteiger partial charge in [0.15, 0.2) is 6.61 Å². The molecule has 0 saturated heterocycles. The fourth-order valence-corrected chi connectivity index (χ4v) is 3.66. The maximum atomic E-state index is 12.7. The number of ether oxygens (including phenoxy) is 1. The molecule has 1 aliphatic rings. The zero-order valence-corrected chi connectivity index (χ0v) is 17.4. The molecule has 0 unspecified atom stereocenters. The van der Waals surface area contributed by atoms with Crippen LogP contribution in [-0.4, -0.2) is 35.3 Å². The molecule has 1 heterocycles. The molecule has 1 aliphatic heterocycles. The molecule has 2 aromatic carbocycles. The Hall–Kier alpha value is -3.41. The Balaban J connectivity index is 1.68. The molecule has 6 heteroatoms. The molecule has 2 amide bonds. The van der Waals surface area contributed by atoms with E-state index in [4.69, 9.17) is 4.74 Å². The van der Waals surface area contributed by atoms with E-state index in [2.05, 4.69) is 0 Å². The van der Waals surface area contributed by atoms with Gasteiger partial charge in [0.2, 0.25) is 5.91 Å². The number of anilines is 1. The predicted molar refractivity (Wildman–Crippen MR) is 115 cm³/mol. The van der Waals surface area contributed by atoms with Crippen molar-refractivity contribution in [3.63, 3.8) is 0 Å². The summed E-state index contributed by atoms with van der Waals surface area (Å²) in [6, 6.07) is 16.4. The number of carbonyl (C=O) groups is 3. The van der Waals surface area contributed by atoms with E-state index >= 15 is 0 Å². The standard InChI is InChI=1S/C24H26N2O4/c1-17(2)26(20-10-5-4-6-11-20)23(28)16-30-24(29)15-22-21-12-8-7-9-19(21)13-14-25(22)18(3)27/h4-14,17,22H,15-16H2,1-3H3/t22-/m1/s1. The van der Waals surface area contributed by atoms with Crippen LogP contribution in [0, 0.1) is 0 Å². The van der Waals surface area contributed by atoms with Crippen LogP contribution in [0.2, 0.25) is 0 Å². The number of hydrogen-bond donors (Lipinski definition) is 0. The summed E-state index contributed by atoms with van der Waals surface area (Å²) in [6.07, 6.45) is 3.51. The molecule has 0 bridgehead atoms. The van der Waals surface area contributed by atoms with E-state index in [-0.39, 0.29) is 30.9 Å². The van der Waals surface area contributed by atoms with Crippen LogP contribution in [0.25, 0.3) is 6.08 Å². The van der Waals surface area contributed by atoms with E-state index in [1.165, 1.54) is 11.8 Å². The number of nitrogens with zero attached hydrogens (tertiary/aromatic N) is 2. The molecule has 0 aromatic heterocycles. The molecule has 30 heavy (non-hydrogen) atoms. The number of fused-ring (bicyclic) bond motifs is 1. The second-order valence-corrected chi connectivity index (χ2v) is 7.44. The largest absolute Gasteiger partial charge is 0.455 e. The molecule has 0 radical (unpaired) electrons. The molecule has 0 saturated carbocycles. The number of hydrogen-bond acceptors (Lipinski definition) is 4. The van der Waals surface area contributed by atoms with Crippen LogP contribution in [0.3, 0.4) is 0 Å². The third-order valence-corrected chi connectivity index (χ3v) is 5.01. The van der Waals surface area contributed by atoms with Crippen molar-refractivity contribution in [3.8, 4) is 0 Å². The maximum absolute atomic E-state index is 12.7. The third kappa shape index (κ3) is 4.76. The highest BCUT2D eigenvalue weighted by molar-refractivity contribution is 5.95. The molecule has 2 aromatic rings. The van der Waals surface area contributed by atoms with Gasteiger partial charge in [0.25, 0.3) is 5.91 Å². The topological polar surface area (TPSA) is 66.9 Å². The normalized spacial score (nSPS) is 14.9. The van der Waals surface area contributed by atoms with Crippen molar-refractivity contribution in [1.29, 1.82) is 0 Å². The predicted octanol–water partition coefficient (Wildman–Crippen LogP) is 3.94. The average molecular weight is 406 g/mol. The minimum absolute atomic E-state index is 0.0266. The molecule has 0 N–H and O–H groups in total. The van der Waals surface area contributed by atoms with Gasteiger partial charge in [-0.3, -0.25) is 14.4 Å². The number of rotatable bonds is 6. The monoisotopic (exact) mass is 406 g/mol. The van der Waals surface area contributed by atoms with Crippen molar-refractivity contribution in [2.45, 2.75) is 39.3 Å². The van der Waals surface area contributed by atoms with Crippen molar-refractivity contribution in [2.24, 2.45) is 0 Å². The summed E-state index contributed by atoms with van der Waals surface area (Å²) in [5.74, 6) is -0.983. The first-order chi connectivity index (χ1) is 14.4. The van der Waals surface area contributed by atoms with Gasteiger partial charge in [-0.15, -0.1) is 0 Å². The lowest BCUT2D eigenvalue weighted by Crippen LogP contribution is -2.40. The molecule has 1 atom stereocenters. The van der Waals surface area contributed by atoms with E-state index in [1.807, 2.05) is 74.5 Å². The van der Waals surface area contributed by atoms with Gasteiger partial charge in [-0.25, -0.2) is 0 Å². The highest BCUT2D eigenvalue weighted by Crippen LogP contribution is 2.33. The van der Waals surface area contributed by atoms with E-state index in [0.29, 0.717) is 0 Å². The molecular weight excluding hydrogens is 380 g/mol. The minimum Gasteiger partial charge on any atom is -0.455 e. The van der Waals surface area contributed by atoms with Gasteiger partial charge in [-0.2, -0.15) is 0 Å². The fourth-order valence-electron chi connectivity index (χ4n) is 3.66. The first-order valence-corrected chi connectivity index (χ1v) is 9.97. The lowest BCUT2D eigenvalue weighted by Gasteiger charge is -2.32. The molecule has 6 nitrogen and oxygen atoms in total. The summed E-state index contributed by atoms with van der Waals surface area (Å²) in [5.41, 5.74) is 2.59. The molecule has 0 aliphatic carbocycles. The highest BCUT2D eigenvalue weighted by atomic mass is 16.5. The van der Waals surface area contributed by atoms with Gasteiger partial charge in [0, 0.05) is 24.9 Å². The van der Waals surface area contributed by atoms with Crippen molar-refractivity contribution >= 4 is 29.5 Å². The molecule has 156 valence electrons. The van der Waals surface area contributed by atoms with E-state index in [1.54, 1.807) is 11.1 Å². The Morgan fingerprint density at radius 3 is 2.37 bits per heavy atom. The van der Waals surface area contributed by atoms with Crippen molar-refractivity contribution in [2.75, 3.05) is 11.5 Å². The maximum Gasteiger partial charge on any atom is 0.308 e. The SMILES string of the molecule is CC(=O)N1C=Cc2ccccc2[C@H]1CC(=O)OCC(=O)N(c1ccccc1)C(C)C. The molecule has 3 rings (SSSR count). The summed E-state index contributed by atoms with van der Waals surface area (Å²) < 4.78 is 5.31. The Labute approximate surface area is 176 Å². The lowest BCUT2D eigenvalue weighted by atomic mass is 9.94. The third-order valence-electron chi connectivity index (χ3n) is 5.01. The number of amides is 2. The second-order valence-electron chi connectivity index (χ2n) is 7.44.